The zero-order chi connectivity index (χ0) is 27.4. The Bertz CT molecular complexity index is 1480. The van der Waals surface area contributed by atoms with E-state index in [1.807, 2.05) is 6.07 Å². The number of aryl methyl sites for hydroxylation is 2. The van der Waals surface area contributed by atoms with Crippen molar-refractivity contribution in [2.45, 2.75) is 18.7 Å². The van der Waals surface area contributed by atoms with Gasteiger partial charge in [-0.25, -0.2) is 16.8 Å². The Balaban J connectivity index is 1.77. The first kappa shape index (κ1) is 27.8. The largest absolute Gasteiger partial charge is 0.497 e. The van der Waals surface area contributed by atoms with Gasteiger partial charge in [0.25, 0.3) is 10.0 Å². The average Bonchev–Trinajstić information content (AvgIpc) is 2.82. The van der Waals surface area contributed by atoms with E-state index in [0.29, 0.717) is 34.0 Å². The normalized spacial score (nSPS) is 11.5. The van der Waals surface area contributed by atoms with Crippen molar-refractivity contribution in [1.29, 1.82) is 0 Å². The zero-order valence-corrected chi connectivity index (χ0v) is 22.7. The van der Waals surface area contributed by atoms with Gasteiger partial charge >= 0.3 is 0 Å². The fraction of sp³-hybridized carbons (Fsp3) is 0.240. The highest BCUT2D eigenvalue weighted by Gasteiger charge is 2.24. The van der Waals surface area contributed by atoms with Gasteiger partial charge in [0.1, 0.15) is 18.0 Å². The second kappa shape index (κ2) is 11.1. The summed E-state index contributed by atoms with van der Waals surface area (Å²) in [4.78, 5) is 12.7. The molecule has 3 aromatic carbocycles. The SMILES string of the molecule is COc1ccc(OC)c(NS(=O)(=O)c2ccc(NC(=O)CN(c3c(C)cccc3C)S(C)(=O)=O)cc2)c1. The van der Waals surface area contributed by atoms with Crippen LogP contribution in [-0.2, 0) is 24.8 Å². The number of ether oxygens (including phenoxy) is 2. The van der Waals surface area contributed by atoms with Crippen LogP contribution in [0.3, 0.4) is 0 Å². The lowest BCUT2D eigenvalue weighted by atomic mass is 10.1. The van der Waals surface area contributed by atoms with Crippen molar-refractivity contribution in [3.63, 3.8) is 0 Å². The maximum absolute atomic E-state index is 12.9. The fourth-order valence-corrected chi connectivity index (χ4v) is 5.74. The summed E-state index contributed by atoms with van der Waals surface area (Å²) in [7, 11) is -4.86. The summed E-state index contributed by atoms with van der Waals surface area (Å²) >= 11 is 0. The molecule has 0 fully saturated rings. The molecular formula is C25H29N3O7S2. The quantitative estimate of drug-likeness (QED) is 0.397. The van der Waals surface area contributed by atoms with Gasteiger partial charge in [0, 0.05) is 11.8 Å². The number of anilines is 3. The summed E-state index contributed by atoms with van der Waals surface area (Å²) in [6.07, 6.45) is 1.04. The molecular weight excluding hydrogens is 518 g/mol. The Morgan fingerprint density at radius 3 is 2.05 bits per heavy atom. The number of para-hydroxylation sites is 1. The highest BCUT2D eigenvalue weighted by molar-refractivity contribution is 7.92. The van der Waals surface area contributed by atoms with Crippen LogP contribution in [0.25, 0.3) is 0 Å². The number of benzene rings is 3. The maximum atomic E-state index is 12.9. The van der Waals surface area contributed by atoms with Crippen LogP contribution in [0.4, 0.5) is 17.1 Å². The molecule has 198 valence electrons. The van der Waals surface area contributed by atoms with E-state index in [4.69, 9.17) is 9.47 Å². The van der Waals surface area contributed by atoms with Crippen LogP contribution >= 0.6 is 0 Å². The van der Waals surface area contributed by atoms with Gasteiger partial charge in [-0.3, -0.25) is 13.8 Å². The first-order valence-electron chi connectivity index (χ1n) is 11.0. The third-order valence-electron chi connectivity index (χ3n) is 5.48. The minimum Gasteiger partial charge on any atom is -0.497 e. The Hall–Kier alpha value is -3.77. The summed E-state index contributed by atoms with van der Waals surface area (Å²) in [6, 6.07) is 15.5. The molecule has 2 N–H and O–H groups in total. The van der Waals surface area contributed by atoms with E-state index in [1.54, 1.807) is 38.1 Å². The first-order valence-corrected chi connectivity index (χ1v) is 14.4. The molecule has 0 aromatic heterocycles. The Kier molecular flexibility index (Phi) is 8.34. The van der Waals surface area contributed by atoms with Crippen molar-refractivity contribution in [1.82, 2.24) is 0 Å². The monoisotopic (exact) mass is 547 g/mol. The van der Waals surface area contributed by atoms with Crippen LogP contribution in [0.2, 0.25) is 0 Å². The van der Waals surface area contributed by atoms with Crippen molar-refractivity contribution in [2.75, 3.05) is 41.4 Å². The number of nitrogens with zero attached hydrogens (tertiary/aromatic N) is 1. The van der Waals surface area contributed by atoms with E-state index in [-0.39, 0.29) is 10.6 Å². The highest BCUT2D eigenvalue weighted by Crippen LogP contribution is 2.31. The molecule has 0 aliphatic heterocycles. The fourth-order valence-electron chi connectivity index (χ4n) is 3.71. The molecule has 0 unspecified atom stereocenters. The predicted molar refractivity (Wildman–Crippen MR) is 144 cm³/mol. The van der Waals surface area contributed by atoms with Crippen molar-refractivity contribution < 1.29 is 31.1 Å². The lowest BCUT2D eigenvalue weighted by Gasteiger charge is -2.25. The van der Waals surface area contributed by atoms with Gasteiger partial charge in [0.15, 0.2) is 0 Å². The molecule has 0 saturated carbocycles. The van der Waals surface area contributed by atoms with Gasteiger partial charge in [0.05, 0.1) is 36.7 Å². The molecule has 0 bridgehead atoms. The first-order chi connectivity index (χ1) is 17.4. The van der Waals surface area contributed by atoms with Gasteiger partial charge in [0.2, 0.25) is 15.9 Å². The van der Waals surface area contributed by atoms with E-state index < -0.39 is 32.5 Å². The summed E-state index contributed by atoms with van der Waals surface area (Å²) in [5, 5.41) is 2.62. The molecule has 0 radical (unpaired) electrons. The third kappa shape index (κ3) is 6.71. The molecule has 0 heterocycles. The number of nitrogens with one attached hydrogen (secondary N) is 2. The van der Waals surface area contributed by atoms with Crippen molar-refractivity contribution >= 4 is 43.0 Å². The molecule has 10 nitrogen and oxygen atoms in total. The van der Waals surface area contributed by atoms with Gasteiger partial charge in [-0.2, -0.15) is 0 Å². The number of hydrogen-bond acceptors (Lipinski definition) is 7. The van der Waals surface area contributed by atoms with E-state index in [9.17, 15) is 21.6 Å². The van der Waals surface area contributed by atoms with Gasteiger partial charge < -0.3 is 14.8 Å². The van der Waals surface area contributed by atoms with E-state index >= 15 is 0 Å². The Morgan fingerprint density at radius 2 is 1.51 bits per heavy atom. The predicted octanol–water partition coefficient (Wildman–Crippen LogP) is 3.53. The lowest BCUT2D eigenvalue weighted by molar-refractivity contribution is -0.114. The molecule has 0 spiro atoms. The van der Waals surface area contributed by atoms with Crippen LogP contribution in [0.5, 0.6) is 11.5 Å². The molecule has 1 amide bonds. The highest BCUT2D eigenvalue weighted by atomic mass is 32.2. The van der Waals surface area contributed by atoms with Gasteiger partial charge in [-0.15, -0.1) is 0 Å². The maximum Gasteiger partial charge on any atom is 0.262 e. The van der Waals surface area contributed by atoms with Crippen LogP contribution in [0.1, 0.15) is 11.1 Å². The van der Waals surface area contributed by atoms with Crippen LogP contribution in [-0.4, -0.2) is 49.8 Å². The van der Waals surface area contributed by atoms with E-state index in [0.717, 1.165) is 10.6 Å². The number of sulfonamides is 2. The number of rotatable bonds is 10. The number of hydrogen-bond donors (Lipinski definition) is 2. The standard InChI is InChI=1S/C25H29N3O7S2/c1-17-7-6-8-18(2)25(17)28(36(5,30)31)16-24(29)26-19-9-12-21(13-10-19)37(32,33)27-22-15-20(34-3)11-14-23(22)35-4/h6-15,27H,16H2,1-5H3,(H,26,29). The van der Waals surface area contributed by atoms with Crippen molar-refractivity contribution in [3.8, 4) is 11.5 Å². The van der Waals surface area contributed by atoms with Crippen LogP contribution in [0.15, 0.2) is 65.6 Å². The second-order valence-electron chi connectivity index (χ2n) is 8.25. The number of amides is 1. The van der Waals surface area contributed by atoms with Crippen LogP contribution < -0.4 is 23.8 Å². The number of carbonyl (C=O) groups excluding carboxylic acids is 1. The molecule has 3 aromatic rings. The molecule has 0 aliphatic rings. The van der Waals surface area contributed by atoms with E-state index in [1.165, 1.54) is 44.6 Å². The van der Waals surface area contributed by atoms with Gasteiger partial charge in [-0.1, -0.05) is 18.2 Å². The summed E-state index contributed by atoms with van der Waals surface area (Å²) in [5.74, 6) is 0.177. The van der Waals surface area contributed by atoms with Crippen molar-refractivity contribution in [2.24, 2.45) is 0 Å². The molecule has 12 heteroatoms. The molecule has 0 atom stereocenters. The minimum atomic E-state index is -3.99. The summed E-state index contributed by atoms with van der Waals surface area (Å²) in [5.41, 5.74) is 2.38. The topological polar surface area (TPSA) is 131 Å². The minimum absolute atomic E-state index is 0.0522. The van der Waals surface area contributed by atoms with Gasteiger partial charge in [-0.05, 0) is 61.4 Å². The Morgan fingerprint density at radius 1 is 0.892 bits per heavy atom. The smallest absolute Gasteiger partial charge is 0.262 e. The van der Waals surface area contributed by atoms with Crippen molar-refractivity contribution in [3.05, 3.63) is 71.8 Å². The lowest BCUT2D eigenvalue weighted by Crippen LogP contribution is -2.38. The summed E-state index contributed by atoms with van der Waals surface area (Å²) < 4.78 is 64.6. The number of methoxy groups -OCH3 is 2. The molecule has 0 aliphatic carbocycles. The van der Waals surface area contributed by atoms with E-state index in [2.05, 4.69) is 10.0 Å². The third-order valence-corrected chi connectivity index (χ3v) is 7.97. The second-order valence-corrected chi connectivity index (χ2v) is 11.8. The average molecular weight is 548 g/mol. The zero-order valence-electron chi connectivity index (χ0n) is 21.1. The molecule has 0 saturated heterocycles. The van der Waals surface area contributed by atoms with Crippen LogP contribution in [0, 0.1) is 13.8 Å². The molecule has 3 rings (SSSR count). The summed E-state index contributed by atoms with van der Waals surface area (Å²) in [6.45, 7) is 3.10. The number of carbonyl (C=O) groups is 1. The molecule has 37 heavy (non-hydrogen) atoms. The Labute approximate surface area is 217 Å².